The second kappa shape index (κ2) is 7.29. The predicted octanol–water partition coefficient (Wildman–Crippen LogP) is 4.76. The van der Waals surface area contributed by atoms with Crippen LogP contribution in [0.3, 0.4) is 0 Å². The number of hydrogen-bond donors (Lipinski definition) is 0. The minimum atomic E-state index is 0.495. The third kappa shape index (κ3) is 3.62. The van der Waals surface area contributed by atoms with Gasteiger partial charge in [-0.25, -0.2) is 9.97 Å². The minimum absolute atomic E-state index is 0.495. The maximum atomic E-state index is 5.45. The van der Waals surface area contributed by atoms with Crippen molar-refractivity contribution in [2.75, 3.05) is 0 Å². The zero-order chi connectivity index (χ0) is 17.9. The van der Waals surface area contributed by atoms with Crippen molar-refractivity contribution in [2.45, 2.75) is 31.0 Å². The molecule has 0 N–H and O–H groups in total. The van der Waals surface area contributed by atoms with E-state index in [1.165, 1.54) is 0 Å². The summed E-state index contributed by atoms with van der Waals surface area (Å²) in [5.41, 5.74) is 0.877. The molecular formula is C19H18N4O2S. The second-order valence-electron chi connectivity index (χ2n) is 6.34. The zero-order valence-corrected chi connectivity index (χ0v) is 15.4. The molecule has 26 heavy (non-hydrogen) atoms. The Balaban J connectivity index is 1.62. The molecule has 0 fully saturated rings. The molecule has 7 heteroatoms. The Morgan fingerprint density at radius 1 is 1.04 bits per heavy atom. The number of thioether (sulfide) groups is 1. The minimum Gasteiger partial charge on any atom is -0.461 e. The van der Waals surface area contributed by atoms with Crippen LogP contribution in [0, 0.1) is 5.92 Å². The van der Waals surface area contributed by atoms with Gasteiger partial charge in [0.2, 0.25) is 5.89 Å². The summed E-state index contributed by atoms with van der Waals surface area (Å²) in [4.78, 5) is 13.7. The van der Waals surface area contributed by atoms with Gasteiger partial charge in [0.15, 0.2) is 17.4 Å². The maximum Gasteiger partial charge on any atom is 0.237 e. The molecule has 4 aromatic rings. The van der Waals surface area contributed by atoms with Crippen LogP contribution < -0.4 is 0 Å². The molecule has 3 aromatic heterocycles. The first-order chi connectivity index (χ1) is 12.7. The van der Waals surface area contributed by atoms with Gasteiger partial charge in [-0.15, -0.1) is 0 Å². The molecule has 0 unspecified atom stereocenters. The molecule has 0 bridgehead atoms. The monoisotopic (exact) mass is 366 g/mol. The Hall–Kier alpha value is -2.67. The first-order valence-electron chi connectivity index (χ1n) is 8.44. The Kier molecular flexibility index (Phi) is 4.71. The lowest BCUT2D eigenvalue weighted by atomic mass is 10.1. The first kappa shape index (κ1) is 16.8. The molecule has 1 aromatic carbocycles. The molecule has 0 saturated heterocycles. The van der Waals surface area contributed by atoms with Crippen molar-refractivity contribution in [3.05, 3.63) is 54.4 Å². The smallest absolute Gasteiger partial charge is 0.237 e. The predicted molar refractivity (Wildman–Crippen MR) is 99.6 cm³/mol. The van der Waals surface area contributed by atoms with Gasteiger partial charge >= 0.3 is 0 Å². The highest BCUT2D eigenvalue weighted by molar-refractivity contribution is 7.98. The molecule has 0 spiro atoms. The summed E-state index contributed by atoms with van der Waals surface area (Å²) in [6.07, 6.45) is 2.43. The molecule has 0 radical (unpaired) electrons. The van der Waals surface area contributed by atoms with E-state index in [9.17, 15) is 0 Å². The van der Waals surface area contributed by atoms with E-state index in [4.69, 9.17) is 8.94 Å². The third-order valence-corrected chi connectivity index (χ3v) is 4.72. The quantitative estimate of drug-likeness (QED) is 0.359. The molecule has 0 aliphatic heterocycles. The normalized spacial score (nSPS) is 11.5. The van der Waals surface area contributed by atoms with E-state index in [0.717, 1.165) is 28.2 Å². The molecule has 0 aliphatic carbocycles. The molecule has 4 rings (SSSR count). The Labute approximate surface area is 155 Å². The molecule has 0 aliphatic rings. The topological polar surface area (TPSA) is 77.8 Å². The number of rotatable bonds is 6. The van der Waals surface area contributed by atoms with Gasteiger partial charge in [-0.1, -0.05) is 49.0 Å². The number of nitrogens with zero attached hydrogens (tertiary/aromatic N) is 4. The molecule has 6 nitrogen and oxygen atoms in total. The number of benzene rings is 1. The van der Waals surface area contributed by atoms with Crippen molar-refractivity contribution in [3.8, 4) is 11.6 Å². The van der Waals surface area contributed by atoms with E-state index in [0.29, 0.717) is 29.1 Å². The summed E-state index contributed by atoms with van der Waals surface area (Å²) in [5.74, 6) is 3.63. The fourth-order valence-electron chi connectivity index (χ4n) is 2.60. The number of para-hydroxylation sites is 1. The zero-order valence-electron chi connectivity index (χ0n) is 14.5. The van der Waals surface area contributed by atoms with Crippen LogP contribution in [0.25, 0.3) is 22.5 Å². The fourth-order valence-corrected chi connectivity index (χ4v) is 3.46. The van der Waals surface area contributed by atoms with E-state index in [1.54, 1.807) is 18.0 Å². The van der Waals surface area contributed by atoms with Gasteiger partial charge in [-0.2, -0.15) is 4.98 Å². The third-order valence-electron chi connectivity index (χ3n) is 3.74. The molecule has 0 saturated carbocycles. The maximum absolute atomic E-state index is 5.45. The van der Waals surface area contributed by atoms with Crippen molar-refractivity contribution < 1.29 is 8.94 Å². The van der Waals surface area contributed by atoms with Crippen molar-refractivity contribution >= 4 is 22.7 Å². The average molecular weight is 366 g/mol. The van der Waals surface area contributed by atoms with Gasteiger partial charge in [0.1, 0.15) is 5.03 Å². The average Bonchev–Trinajstić information content (AvgIpc) is 3.31. The molecule has 0 amide bonds. The first-order valence-corrected chi connectivity index (χ1v) is 9.42. The van der Waals surface area contributed by atoms with Crippen molar-refractivity contribution in [2.24, 2.45) is 5.92 Å². The van der Waals surface area contributed by atoms with Crippen LogP contribution in [0.2, 0.25) is 0 Å². The van der Waals surface area contributed by atoms with Crippen molar-refractivity contribution in [3.63, 3.8) is 0 Å². The van der Waals surface area contributed by atoms with Crippen molar-refractivity contribution in [1.82, 2.24) is 20.1 Å². The number of aromatic nitrogens is 4. The number of furan rings is 1. The summed E-state index contributed by atoms with van der Waals surface area (Å²) in [6.45, 7) is 4.27. The van der Waals surface area contributed by atoms with E-state index in [1.807, 2.05) is 36.4 Å². The summed E-state index contributed by atoms with van der Waals surface area (Å²) in [6, 6.07) is 11.6. The highest BCUT2D eigenvalue weighted by Gasteiger charge is 2.14. The van der Waals surface area contributed by atoms with Crippen LogP contribution >= 0.6 is 11.8 Å². The summed E-state index contributed by atoms with van der Waals surface area (Å²) < 4.78 is 10.8. The lowest BCUT2D eigenvalue weighted by Gasteiger charge is -2.06. The molecular weight excluding hydrogens is 348 g/mol. The van der Waals surface area contributed by atoms with E-state index < -0.39 is 0 Å². The lowest BCUT2D eigenvalue weighted by molar-refractivity contribution is 0.382. The van der Waals surface area contributed by atoms with Crippen LogP contribution in [0.4, 0.5) is 0 Å². The van der Waals surface area contributed by atoms with Gasteiger partial charge in [-0.3, -0.25) is 0 Å². The van der Waals surface area contributed by atoms with E-state index in [-0.39, 0.29) is 0 Å². The van der Waals surface area contributed by atoms with Crippen LogP contribution in [0.1, 0.15) is 25.6 Å². The highest BCUT2D eigenvalue weighted by atomic mass is 32.2. The lowest BCUT2D eigenvalue weighted by Crippen LogP contribution is -1.96. The van der Waals surface area contributed by atoms with Crippen LogP contribution in [-0.4, -0.2) is 20.1 Å². The standard InChI is InChI=1S/C19H18N4O2S/c1-12(2)10-16-21-17(25-23-16)11-26-19-13-6-3-4-7-14(13)20-18(22-19)15-8-5-9-24-15/h3-9,12H,10-11H2,1-2H3. The van der Waals surface area contributed by atoms with E-state index >= 15 is 0 Å². The van der Waals surface area contributed by atoms with Gasteiger partial charge < -0.3 is 8.94 Å². The Bertz CT molecular complexity index is 1010. The van der Waals surface area contributed by atoms with Gasteiger partial charge in [0, 0.05) is 11.8 Å². The van der Waals surface area contributed by atoms with Gasteiger partial charge in [0.25, 0.3) is 0 Å². The van der Waals surface area contributed by atoms with Crippen LogP contribution in [0.15, 0.2) is 56.6 Å². The molecule has 0 atom stereocenters. The van der Waals surface area contributed by atoms with E-state index in [2.05, 4.69) is 34.0 Å². The summed E-state index contributed by atoms with van der Waals surface area (Å²) in [7, 11) is 0. The Morgan fingerprint density at radius 3 is 2.73 bits per heavy atom. The Morgan fingerprint density at radius 2 is 1.92 bits per heavy atom. The molecule has 132 valence electrons. The number of fused-ring (bicyclic) bond motifs is 1. The highest BCUT2D eigenvalue weighted by Crippen LogP contribution is 2.30. The number of hydrogen-bond acceptors (Lipinski definition) is 7. The largest absolute Gasteiger partial charge is 0.461 e. The SMILES string of the molecule is CC(C)Cc1noc(CSc2nc(-c3ccco3)nc3ccccc23)n1. The summed E-state index contributed by atoms with van der Waals surface area (Å²) >= 11 is 1.56. The summed E-state index contributed by atoms with van der Waals surface area (Å²) in [5, 5.41) is 5.90. The molecule has 3 heterocycles. The second-order valence-corrected chi connectivity index (χ2v) is 7.30. The van der Waals surface area contributed by atoms with Crippen LogP contribution in [-0.2, 0) is 12.2 Å². The van der Waals surface area contributed by atoms with Gasteiger partial charge in [0.05, 0.1) is 17.5 Å². The van der Waals surface area contributed by atoms with Gasteiger partial charge in [-0.05, 0) is 24.1 Å². The van der Waals surface area contributed by atoms with Crippen LogP contribution in [0.5, 0.6) is 0 Å². The fraction of sp³-hybridized carbons (Fsp3) is 0.263. The van der Waals surface area contributed by atoms with Crippen molar-refractivity contribution in [1.29, 1.82) is 0 Å².